The van der Waals surface area contributed by atoms with E-state index in [2.05, 4.69) is 43.4 Å². The minimum absolute atomic E-state index is 0.307. The van der Waals surface area contributed by atoms with Gasteiger partial charge in [0.05, 0.1) is 0 Å². The number of nitrogens with one attached hydrogen (secondary N) is 1. The first-order chi connectivity index (χ1) is 9.70. The molecule has 3 heteroatoms. The van der Waals surface area contributed by atoms with E-state index in [1.54, 1.807) is 0 Å². The number of carbonyl (C=O) groups excluding carboxylic acids is 1. The number of hydrogen-bond donors (Lipinski definition) is 1. The van der Waals surface area contributed by atoms with Gasteiger partial charge in [0.2, 0.25) is 5.91 Å². The van der Waals surface area contributed by atoms with Crippen LogP contribution in [0.4, 0.5) is 0 Å². The molecule has 1 aromatic carbocycles. The Bertz CT molecular complexity index is 419. The van der Waals surface area contributed by atoms with E-state index in [9.17, 15) is 4.79 Å². The molecule has 2 rings (SSSR count). The number of benzene rings is 1. The van der Waals surface area contributed by atoms with Gasteiger partial charge >= 0.3 is 0 Å². The molecular formula is C17H26N2O. The maximum atomic E-state index is 12.5. The predicted octanol–water partition coefficient (Wildman–Crippen LogP) is 2.70. The topological polar surface area (TPSA) is 32.3 Å². The lowest BCUT2D eigenvalue weighted by molar-refractivity contribution is -0.131. The molecule has 1 fully saturated rings. The van der Waals surface area contributed by atoms with Crippen molar-refractivity contribution in [1.29, 1.82) is 0 Å². The molecule has 1 saturated heterocycles. The first-order valence-corrected chi connectivity index (χ1v) is 7.75. The summed E-state index contributed by atoms with van der Waals surface area (Å²) in [5, 5.41) is 3.34. The second kappa shape index (κ2) is 7.44. The molecule has 1 aliphatic rings. The third-order valence-corrected chi connectivity index (χ3v) is 4.16. The van der Waals surface area contributed by atoms with Gasteiger partial charge in [0.1, 0.15) is 0 Å². The van der Waals surface area contributed by atoms with Crippen LogP contribution in [0.5, 0.6) is 0 Å². The van der Waals surface area contributed by atoms with Crippen molar-refractivity contribution in [1.82, 2.24) is 10.2 Å². The number of rotatable bonds is 4. The molecule has 1 N–H and O–H groups in total. The first kappa shape index (κ1) is 15.0. The third kappa shape index (κ3) is 4.07. The van der Waals surface area contributed by atoms with E-state index in [1.807, 2.05) is 4.90 Å². The molecule has 0 saturated carbocycles. The lowest BCUT2D eigenvalue weighted by Gasteiger charge is -2.23. The number of nitrogens with zero attached hydrogens (tertiary/aromatic N) is 1. The maximum absolute atomic E-state index is 12.5. The fourth-order valence-electron chi connectivity index (χ4n) is 2.77. The molecule has 110 valence electrons. The van der Waals surface area contributed by atoms with Crippen LogP contribution >= 0.6 is 0 Å². The summed E-state index contributed by atoms with van der Waals surface area (Å²) >= 11 is 0. The van der Waals surface area contributed by atoms with Crippen LogP contribution in [0.3, 0.4) is 0 Å². The monoisotopic (exact) mass is 274 g/mol. The number of carbonyl (C=O) groups is 1. The molecule has 1 aromatic rings. The van der Waals surface area contributed by atoms with Crippen molar-refractivity contribution in [2.24, 2.45) is 0 Å². The lowest BCUT2D eigenvalue weighted by Crippen LogP contribution is -2.34. The minimum Gasteiger partial charge on any atom is -0.341 e. The summed E-state index contributed by atoms with van der Waals surface area (Å²) in [5.74, 6) is 0.653. The van der Waals surface area contributed by atoms with Gasteiger partial charge in [0.15, 0.2) is 0 Å². The van der Waals surface area contributed by atoms with Gasteiger partial charge in [0.25, 0.3) is 0 Å². The second-order valence-corrected chi connectivity index (χ2v) is 5.70. The molecule has 1 aliphatic heterocycles. The molecule has 1 heterocycles. The molecule has 0 spiro atoms. The van der Waals surface area contributed by atoms with Crippen LogP contribution in [0, 0.1) is 6.92 Å². The Morgan fingerprint density at radius 2 is 2.00 bits per heavy atom. The van der Waals surface area contributed by atoms with E-state index in [4.69, 9.17) is 0 Å². The number of aryl methyl sites for hydroxylation is 1. The van der Waals surface area contributed by atoms with Gasteiger partial charge in [0, 0.05) is 26.1 Å². The number of hydrogen-bond acceptors (Lipinski definition) is 2. The van der Waals surface area contributed by atoms with Gasteiger partial charge < -0.3 is 10.2 Å². The average Bonchev–Trinajstić information content (AvgIpc) is 2.75. The summed E-state index contributed by atoms with van der Waals surface area (Å²) < 4.78 is 0. The van der Waals surface area contributed by atoms with Crippen LogP contribution in [0.1, 0.15) is 43.2 Å². The summed E-state index contributed by atoms with van der Waals surface area (Å²) in [7, 11) is 0. The van der Waals surface area contributed by atoms with Crippen molar-refractivity contribution in [2.75, 3.05) is 26.2 Å². The lowest BCUT2D eigenvalue weighted by atomic mass is 9.92. The molecule has 20 heavy (non-hydrogen) atoms. The minimum atomic E-state index is 0.307. The summed E-state index contributed by atoms with van der Waals surface area (Å²) in [6, 6.07) is 8.61. The van der Waals surface area contributed by atoms with Crippen molar-refractivity contribution < 1.29 is 4.79 Å². The van der Waals surface area contributed by atoms with Gasteiger partial charge in [-0.2, -0.15) is 0 Å². The third-order valence-electron chi connectivity index (χ3n) is 4.16. The summed E-state index contributed by atoms with van der Waals surface area (Å²) in [6.45, 7) is 7.97. The standard InChI is InChI=1S/C17H26N2O/c1-3-15(16-7-5-14(2)6-8-16)13-17(20)19-11-4-9-18-10-12-19/h5-8,15,18H,3-4,9-13H2,1-2H3. The zero-order valence-corrected chi connectivity index (χ0v) is 12.7. The Hall–Kier alpha value is -1.35. The van der Waals surface area contributed by atoms with Gasteiger partial charge in [-0.05, 0) is 37.8 Å². The Morgan fingerprint density at radius 3 is 2.70 bits per heavy atom. The average molecular weight is 274 g/mol. The molecule has 0 radical (unpaired) electrons. The summed E-state index contributed by atoms with van der Waals surface area (Å²) in [4.78, 5) is 14.5. The highest BCUT2D eigenvalue weighted by atomic mass is 16.2. The Kier molecular flexibility index (Phi) is 5.60. The van der Waals surface area contributed by atoms with Gasteiger partial charge in [-0.15, -0.1) is 0 Å². The molecular weight excluding hydrogens is 248 g/mol. The quantitative estimate of drug-likeness (QED) is 0.915. The molecule has 3 nitrogen and oxygen atoms in total. The number of amides is 1. The van der Waals surface area contributed by atoms with E-state index >= 15 is 0 Å². The zero-order valence-electron chi connectivity index (χ0n) is 12.7. The molecule has 1 unspecified atom stereocenters. The van der Waals surface area contributed by atoms with Crippen LogP contribution < -0.4 is 5.32 Å². The van der Waals surface area contributed by atoms with Crippen LogP contribution in [-0.2, 0) is 4.79 Å². The van der Waals surface area contributed by atoms with E-state index in [0.717, 1.165) is 39.0 Å². The van der Waals surface area contributed by atoms with Crippen molar-refractivity contribution in [3.63, 3.8) is 0 Å². The Balaban J connectivity index is 1.98. The van der Waals surface area contributed by atoms with Gasteiger partial charge in [-0.1, -0.05) is 36.8 Å². The predicted molar refractivity (Wildman–Crippen MR) is 82.9 cm³/mol. The summed E-state index contributed by atoms with van der Waals surface area (Å²) in [6.07, 6.45) is 2.72. The van der Waals surface area contributed by atoms with Gasteiger partial charge in [-0.25, -0.2) is 0 Å². The Labute approximate surface area is 122 Å². The highest BCUT2D eigenvalue weighted by Crippen LogP contribution is 2.24. The van der Waals surface area contributed by atoms with Crippen LogP contribution in [-0.4, -0.2) is 37.0 Å². The molecule has 0 aromatic heterocycles. The first-order valence-electron chi connectivity index (χ1n) is 7.75. The van der Waals surface area contributed by atoms with E-state index in [1.165, 1.54) is 11.1 Å². The zero-order chi connectivity index (χ0) is 14.4. The van der Waals surface area contributed by atoms with Crippen LogP contribution in [0.2, 0.25) is 0 Å². The highest BCUT2D eigenvalue weighted by molar-refractivity contribution is 5.77. The van der Waals surface area contributed by atoms with E-state index < -0.39 is 0 Å². The molecule has 1 atom stereocenters. The van der Waals surface area contributed by atoms with E-state index in [-0.39, 0.29) is 0 Å². The van der Waals surface area contributed by atoms with Crippen LogP contribution in [0.25, 0.3) is 0 Å². The van der Waals surface area contributed by atoms with Crippen molar-refractivity contribution in [3.8, 4) is 0 Å². The smallest absolute Gasteiger partial charge is 0.223 e. The van der Waals surface area contributed by atoms with E-state index in [0.29, 0.717) is 18.2 Å². The SMILES string of the molecule is CCC(CC(=O)N1CCCNCC1)c1ccc(C)cc1. The van der Waals surface area contributed by atoms with Gasteiger partial charge in [-0.3, -0.25) is 4.79 Å². The fraction of sp³-hybridized carbons (Fsp3) is 0.588. The van der Waals surface area contributed by atoms with Crippen molar-refractivity contribution in [3.05, 3.63) is 35.4 Å². The van der Waals surface area contributed by atoms with Crippen molar-refractivity contribution in [2.45, 2.75) is 39.0 Å². The van der Waals surface area contributed by atoms with Crippen molar-refractivity contribution >= 4 is 5.91 Å². The largest absolute Gasteiger partial charge is 0.341 e. The second-order valence-electron chi connectivity index (χ2n) is 5.70. The fourth-order valence-corrected chi connectivity index (χ4v) is 2.77. The maximum Gasteiger partial charge on any atom is 0.223 e. The van der Waals surface area contributed by atoms with Crippen LogP contribution in [0.15, 0.2) is 24.3 Å². The normalized spacial score (nSPS) is 17.6. The highest BCUT2D eigenvalue weighted by Gasteiger charge is 2.20. The molecule has 1 amide bonds. The molecule has 0 bridgehead atoms. The summed E-state index contributed by atoms with van der Waals surface area (Å²) in [5.41, 5.74) is 2.56. The Morgan fingerprint density at radius 1 is 1.25 bits per heavy atom. The molecule has 0 aliphatic carbocycles.